The number of carboxylic acids is 1. The minimum Gasteiger partial charge on any atom is -0.508 e. The van der Waals surface area contributed by atoms with Crippen LogP contribution in [0.4, 0.5) is 0 Å². The number of fused-ring (bicyclic) bond motifs is 1. The fourth-order valence-electron chi connectivity index (χ4n) is 8.66. The van der Waals surface area contributed by atoms with Crippen LogP contribution in [0.2, 0.25) is 0 Å². The Labute approximate surface area is 485 Å². The summed E-state index contributed by atoms with van der Waals surface area (Å²) in [5, 5.41) is 51.6. The van der Waals surface area contributed by atoms with Crippen LogP contribution in [-0.4, -0.2) is 152 Å². The number of phenolic OH excluding ortho intramolecular Hbond substituents is 1. The molecule has 10 atom stereocenters. The average molecular weight is 1170 g/mol. The topological polar surface area (TPSA) is 378 Å². The van der Waals surface area contributed by atoms with E-state index < -0.39 is 114 Å². The smallest absolute Gasteiger partial charge is 0.327 e. The lowest BCUT2D eigenvalue weighted by molar-refractivity contribution is -0.141. The zero-order valence-corrected chi connectivity index (χ0v) is 47.2. The lowest BCUT2D eigenvalue weighted by atomic mass is 10.0. The van der Waals surface area contributed by atoms with Gasteiger partial charge in [-0.3, -0.25) is 38.4 Å². The SMILES string of the molecule is C[C@H](NC(=O)[C@H](Cc1ccccc1)NC(=O)[C@H](CS)NC(=O)[C@@H](N)Cc1ccc(O)cc1)C(=O)N[C@@H](Cc1c[nH]c2ccccc12)C(=O)N[C@@H](CCCCN)C(=O)N[C@H](C(=O)N[C@@H](Cc1ccccc1)C(=O)N[C@@H](CS)C(=O)O)[C@@H](C)O. The molecule has 0 saturated carbocycles. The summed E-state index contributed by atoms with van der Waals surface area (Å²) in [6.07, 6.45) is 0.568. The van der Waals surface area contributed by atoms with Crippen molar-refractivity contribution in [1.29, 1.82) is 0 Å². The maximum absolute atomic E-state index is 14.6. The summed E-state index contributed by atoms with van der Waals surface area (Å²) in [6.45, 7) is 2.82. The van der Waals surface area contributed by atoms with Gasteiger partial charge in [-0.05, 0) is 86.5 Å². The maximum Gasteiger partial charge on any atom is 0.327 e. The van der Waals surface area contributed by atoms with Crippen LogP contribution in [0.1, 0.15) is 55.4 Å². The van der Waals surface area contributed by atoms with Gasteiger partial charge >= 0.3 is 5.97 Å². The Balaban J connectivity index is 1.35. The van der Waals surface area contributed by atoms with Crippen molar-refractivity contribution in [3.63, 3.8) is 0 Å². The Hall–Kier alpha value is -7.97. The number of thiol groups is 2. The highest BCUT2D eigenvalue weighted by atomic mass is 32.1. The Morgan fingerprint density at radius 1 is 0.512 bits per heavy atom. The van der Waals surface area contributed by atoms with Gasteiger partial charge in [0.25, 0.3) is 0 Å². The molecule has 1 aromatic heterocycles. The van der Waals surface area contributed by atoms with Crippen LogP contribution in [0.25, 0.3) is 10.9 Å². The summed E-state index contributed by atoms with van der Waals surface area (Å²) in [6, 6.07) is 18.2. The van der Waals surface area contributed by atoms with Crippen molar-refractivity contribution in [2.75, 3.05) is 18.1 Å². The number of hydrogen-bond acceptors (Lipinski definition) is 15. The van der Waals surface area contributed by atoms with E-state index in [4.69, 9.17) is 11.5 Å². The van der Waals surface area contributed by atoms with Crippen molar-refractivity contribution in [2.24, 2.45) is 11.5 Å². The zero-order chi connectivity index (χ0) is 59.9. The second-order valence-electron chi connectivity index (χ2n) is 19.7. The molecule has 0 fully saturated rings. The number of aromatic nitrogens is 1. The third-order valence-electron chi connectivity index (χ3n) is 13.3. The van der Waals surface area contributed by atoms with E-state index >= 15 is 0 Å². The van der Waals surface area contributed by atoms with E-state index in [2.05, 4.69) is 72.8 Å². The van der Waals surface area contributed by atoms with E-state index in [1.54, 1.807) is 97.2 Å². The first-order valence-corrected chi connectivity index (χ1v) is 27.9. The minimum absolute atomic E-state index is 0.0264. The predicted molar refractivity (Wildman–Crippen MR) is 313 cm³/mol. The molecule has 5 rings (SSSR count). The Bertz CT molecular complexity index is 2950. The molecule has 0 aliphatic heterocycles. The van der Waals surface area contributed by atoms with Crippen LogP contribution in [0.3, 0.4) is 0 Å². The highest BCUT2D eigenvalue weighted by Crippen LogP contribution is 2.20. The number of aliphatic hydroxyl groups excluding tert-OH is 1. The summed E-state index contributed by atoms with van der Waals surface area (Å²) in [5.41, 5.74) is 15.2. The summed E-state index contributed by atoms with van der Waals surface area (Å²) >= 11 is 8.29. The molecule has 0 spiro atoms. The van der Waals surface area contributed by atoms with Gasteiger partial charge in [0.05, 0.1) is 12.1 Å². The van der Waals surface area contributed by atoms with Crippen molar-refractivity contribution in [1.82, 2.24) is 47.5 Å². The standard InChI is InChI=1S/C57H73N11O12S2/c1-32(61-52(74)43(26-34-13-5-3-6-14-34)64-55(77)46(30-81)66-50(72)40(59)25-36-20-22-38(70)23-21-36)49(71)63-45(28-37-29-60-41-18-10-9-17-39(37)41)54(76)62-42(19-11-12-24-58)51(73)68-48(33(2)69)56(78)65-44(27-35-15-7-4-8-16-35)53(75)67-47(31-82)57(79)80/h3-10,13-18,20-23,29,32-33,40,42-48,60,69-70,81-82H,11-12,19,24-28,30-31,58-59H2,1-2H3,(H,61,74)(H,62,76)(H,63,71)(H,64,77)(H,65,78)(H,66,72)(H,67,75)(H,68,73)(H,79,80)/t32-,33+,40-,42-,43-,44-,45-,46-,47-,48-/m0/s1. The molecule has 4 aromatic carbocycles. The number of nitrogens with two attached hydrogens (primary N) is 2. The number of H-pyrrole nitrogens is 1. The van der Waals surface area contributed by atoms with E-state index in [1.807, 2.05) is 6.07 Å². The number of benzene rings is 4. The zero-order valence-electron chi connectivity index (χ0n) is 45.4. The third-order valence-corrected chi connectivity index (χ3v) is 14.0. The van der Waals surface area contributed by atoms with Crippen LogP contribution in [-0.2, 0) is 68.8 Å². The number of aliphatic hydroxyl groups is 1. The van der Waals surface area contributed by atoms with E-state index in [9.17, 15) is 58.5 Å². The molecule has 8 amide bonds. The molecule has 25 heteroatoms. The van der Waals surface area contributed by atoms with Gasteiger partial charge < -0.3 is 74.3 Å². The highest BCUT2D eigenvalue weighted by molar-refractivity contribution is 7.80. The van der Waals surface area contributed by atoms with E-state index in [0.29, 0.717) is 35.1 Å². The van der Waals surface area contributed by atoms with Gasteiger partial charge in [0.1, 0.15) is 54.1 Å². The van der Waals surface area contributed by atoms with Gasteiger partial charge in [0, 0.05) is 47.9 Å². The Morgan fingerprint density at radius 2 is 0.976 bits per heavy atom. The van der Waals surface area contributed by atoms with Crippen LogP contribution in [0, 0.1) is 0 Å². The molecule has 16 N–H and O–H groups in total. The first-order valence-electron chi connectivity index (χ1n) is 26.6. The fraction of sp³-hybridized carbons (Fsp3) is 0.386. The van der Waals surface area contributed by atoms with E-state index in [-0.39, 0.29) is 55.9 Å². The molecule has 82 heavy (non-hydrogen) atoms. The van der Waals surface area contributed by atoms with Crippen molar-refractivity contribution >= 4 is 89.4 Å². The molecule has 0 saturated heterocycles. The van der Waals surface area contributed by atoms with Crippen LogP contribution >= 0.6 is 25.3 Å². The number of aromatic amines is 1. The number of aromatic hydroxyl groups is 1. The normalized spacial score (nSPS) is 14.8. The number of carbonyl (C=O) groups is 9. The number of aliphatic carboxylic acids is 1. The molecule has 23 nitrogen and oxygen atoms in total. The number of phenols is 1. The third kappa shape index (κ3) is 19.9. The second-order valence-corrected chi connectivity index (χ2v) is 20.5. The lowest BCUT2D eigenvalue weighted by Gasteiger charge is -2.28. The molecule has 1 heterocycles. The van der Waals surface area contributed by atoms with Gasteiger partial charge in [-0.15, -0.1) is 0 Å². The molecule has 0 aliphatic carbocycles. The van der Waals surface area contributed by atoms with E-state index in [0.717, 1.165) is 10.9 Å². The van der Waals surface area contributed by atoms with Crippen LogP contribution < -0.4 is 54.0 Å². The molecular formula is C57H73N11O12S2. The minimum atomic E-state index is -1.71. The van der Waals surface area contributed by atoms with Gasteiger partial charge in [0.15, 0.2) is 0 Å². The molecule has 0 bridgehead atoms. The van der Waals surface area contributed by atoms with Gasteiger partial charge in [-0.1, -0.05) is 91.0 Å². The molecule has 5 aromatic rings. The molecule has 0 unspecified atom stereocenters. The van der Waals surface area contributed by atoms with E-state index in [1.165, 1.54) is 26.0 Å². The number of carboxylic acid groups (broad SMARTS) is 1. The largest absolute Gasteiger partial charge is 0.508 e. The monoisotopic (exact) mass is 1170 g/mol. The first kappa shape index (κ1) is 64.8. The van der Waals surface area contributed by atoms with Gasteiger partial charge in [-0.25, -0.2) is 4.79 Å². The van der Waals surface area contributed by atoms with Crippen molar-refractivity contribution in [3.8, 4) is 5.75 Å². The Kier molecular flexibility index (Phi) is 25.7. The number of hydrogen-bond donors (Lipinski definition) is 16. The summed E-state index contributed by atoms with van der Waals surface area (Å²) < 4.78 is 0. The van der Waals surface area contributed by atoms with Crippen LogP contribution in [0.5, 0.6) is 5.75 Å². The number of nitrogens with one attached hydrogen (secondary N) is 9. The number of carbonyl (C=O) groups excluding carboxylic acids is 8. The molecule has 0 aliphatic rings. The Morgan fingerprint density at radius 3 is 1.54 bits per heavy atom. The van der Waals surface area contributed by atoms with Crippen molar-refractivity contribution < 1.29 is 58.5 Å². The van der Waals surface area contributed by atoms with Crippen molar-refractivity contribution in [3.05, 3.63) is 138 Å². The first-order chi connectivity index (χ1) is 39.2. The molecule has 440 valence electrons. The highest BCUT2D eigenvalue weighted by Gasteiger charge is 2.36. The average Bonchev–Trinajstić information content (AvgIpc) is 3.95. The quantitative estimate of drug-likeness (QED) is 0.0196. The maximum atomic E-state index is 14.6. The fourth-order valence-corrected chi connectivity index (χ4v) is 9.16. The summed E-state index contributed by atoms with van der Waals surface area (Å²) in [7, 11) is 0. The second kappa shape index (κ2) is 32.5. The number of amides is 8. The molecule has 0 radical (unpaired) electrons. The summed E-state index contributed by atoms with van der Waals surface area (Å²) in [5.74, 6) is -8.51. The van der Waals surface area contributed by atoms with Gasteiger partial charge in [-0.2, -0.15) is 25.3 Å². The van der Waals surface area contributed by atoms with Crippen molar-refractivity contribution in [2.45, 2.75) is 119 Å². The lowest BCUT2D eigenvalue weighted by Crippen LogP contribution is -2.62. The number of unbranched alkanes of at least 4 members (excludes halogenated alkanes) is 1. The summed E-state index contributed by atoms with van der Waals surface area (Å²) in [4.78, 5) is 127. The molecular weight excluding hydrogens is 1090 g/mol. The number of rotatable bonds is 32. The van der Waals surface area contributed by atoms with Gasteiger partial charge in [0.2, 0.25) is 47.3 Å². The van der Waals surface area contributed by atoms with Crippen LogP contribution in [0.15, 0.2) is 115 Å². The number of para-hydroxylation sites is 1. The predicted octanol–water partition coefficient (Wildman–Crippen LogP) is -0.176.